The molecule has 0 saturated carbocycles. The van der Waals surface area contributed by atoms with Crippen LogP contribution in [0.4, 0.5) is 0 Å². The third kappa shape index (κ3) is 5.15. The minimum Gasteiger partial charge on any atom is -0.468 e. The first-order valence-corrected chi connectivity index (χ1v) is 9.65. The van der Waals surface area contributed by atoms with Gasteiger partial charge in [-0.3, -0.25) is 9.59 Å². The molecule has 0 saturated heterocycles. The number of oxime groups is 1. The van der Waals surface area contributed by atoms with Crippen LogP contribution in [0.1, 0.15) is 32.4 Å². The Hall–Kier alpha value is -2.94. The third-order valence-electron chi connectivity index (χ3n) is 4.89. The Morgan fingerprint density at radius 2 is 1.70 bits per heavy atom. The first-order valence-electron chi connectivity index (χ1n) is 9.65. The Bertz CT molecular complexity index is 766. The van der Waals surface area contributed by atoms with Crippen molar-refractivity contribution in [1.82, 2.24) is 5.32 Å². The van der Waals surface area contributed by atoms with Crippen molar-refractivity contribution < 1.29 is 33.4 Å². The second-order valence-electron chi connectivity index (χ2n) is 7.27. The lowest BCUT2D eigenvalue weighted by molar-refractivity contribution is -0.161. The van der Waals surface area contributed by atoms with Crippen LogP contribution in [0.25, 0.3) is 0 Å². The number of nitrogens with one attached hydrogen (secondary N) is 1. The molecule has 9 heteroatoms. The zero-order valence-electron chi connectivity index (χ0n) is 17.7. The van der Waals surface area contributed by atoms with Gasteiger partial charge in [-0.1, -0.05) is 49.3 Å². The van der Waals surface area contributed by atoms with Crippen LogP contribution in [-0.2, 0) is 33.4 Å². The van der Waals surface area contributed by atoms with Crippen LogP contribution < -0.4 is 5.32 Å². The van der Waals surface area contributed by atoms with Crippen molar-refractivity contribution in [2.75, 3.05) is 14.2 Å². The number of esters is 2. The summed E-state index contributed by atoms with van der Waals surface area (Å²) in [5.41, 5.74) is 1.08. The van der Waals surface area contributed by atoms with Crippen LogP contribution in [0.5, 0.6) is 0 Å². The summed E-state index contributed by atoms with van der Waals surface area (Å²) in [5, 5.41) is 6.73. The number of amides is 1. The van der Waals surface area contributed by atoms with Crippen molar-refractivity contribution in [3.8, 4) is 0 Å². The molecule has 164 valence electrons. The smallest absolute Gasteiger partial charge is 0.351 e. The molecule has 0 fully saturated rings. The molecule has 1 amide bonds. The fraction of sp³-hybridized carbons (Fsp3) is 0.524. The van der Waals surface area contributed by atoms with E-state index in [1.807, 2.05) is 51.1 Å². The molecule has 9 nitrogen and oxygen atoms in total. The van der Waals surface area contributed by atoms with Gasteiger partial charge in [0.1, 0.15) is 17.9 Å². The van der Waals surface area contributed by atoms with Gasteiger partial charge in [0.05, 0.1) is 20.3 Å². The molecule has 0 aromatic heterocycles. The lowest BCUT2D eigenvalue weighted by Gasteiger charge is -2.32. The molecule has 0 radical (unpaired) electrons. The molecule has 1 N–H and O–H groups in total. The molecule has 5 atom stereocenters. The van der Waals surface area contributed by atoms with Crippen LogP contribution in [-0.4, -0.2) is 56.5 Å². The first-order chi connectivity index (χ1) is 14.3. The van der Waals surface area contributed by atoms with E-state index in [9.17, 15) is 14.4 Å². The van der Waals surface area contributed by atoms with E-state index in [1.54, 1.807) is 0 Å². The van der Waals surface area contributed by atoms with Crippen LogP contribution in [0.15, 0.2) is 35.5 Å². The van der Waals surface area contributed by atoms with Crippen molar-refractivity contribution in [2.45, 2.75) is 45.1 Å². The number of benzene rings is 1. The van der Waals surface area contributed by atoms with E-state index in [0.717, 1.165) is 5.56 Å². The highest BCUT2D eigenvalue weighted by Gasteiger charge is 2.50. The SMILES string of the molecule is COC(=O)[C@H]1C([C@H](O[C@H](c2ccccc2)[C@H](C)NC=O)C(C)C)=NO[C@@H]1C(=O)OC. The lowest BCUT2D eigenvalue weighted by Crippen LogP contribution is -2.45. The molecule has 1 aliphatic heterocycles. The van der Waals surface area contributed by atoms with Gasteiger partial charge in [-0.2, -0.15) is 0 Å². The molecule has 1 aromatic carbocycles. The Balaban J connectivity index is 2.39. The largest absolute Gasteiger partial charge is 0.468 e. The number of rotatable bonds is 10. The molecule has 0 aliphatic carbocycles. The van der Waals surface area contributed by atoms with Gasteiger partial charge in [0, 0.05) is 0 Å². The quantitative estimate of drug-likeness (QED) is 0.452. The summed E-state index contributed by atoms with van der Waals surface area (Å²) in [6.45, 7) is 5.60. The number of ether oxygens (including phenoxy) is 3. The Morgan fingerprint density at radius 1 is 1.07 bits per heavy atom. The van der Waals surface area contributed by atoms with Gasteiger partial charge >= 0.3 is 11.9 Å². The molecule has 1 aromatic rings. The number of carbonyl (C=O) groups excluding carboxylic acids is 3. The molecule has 0 spiro atoms. The number of hydrogen-bond donors (Lipinski definition) is 1. The number of nitrogens with zero attached hydrogens (tertiary/aromatic N) is 1. The first kappa shape index (κ1) is 23.3. The Kier molecular flexibility index (Phi) is 8.35. The Labute approximate surface area is 175 Å². The van der Waals surface area contributed by atoms with Gasteiger partial charge in [0.2, 0.25) is 12.5 Å². The minimum absolute atomic E-state index is 0.134. The van der Waals surface area contributed by atoms with E-state index in [1.165, 1.54) is 14.2 Å². The van der Waals surface area contributed by atoms with E-state index in [4.69, 9.17) is 19.0 Å². The maximum absolute atomic E-state index is 12.5. The standard InChI is InChI=1S/C21H28N2O7/c1-12(2)17(16-15(20(25)27-4)19(30-23-16)21(26)28-5)29-18(13(3)22-11-24)14-9-7-6-8-10-14/h6-13,15,17-19H,1-5H3,(H,22,24)/t13-,15-,17+,18-,19-/m0/s1. The van der Waals surface area contributed by atoms with Crippen LogP contribution in [0.3, 0.4) is 0 Å². The summed E-state index contributed by atoms with van der Waals surface area (Å²) in [5.74, 6) is -2.64. The summed E-state index contributed by atoms with van der Waals surface area (Å²) in [7, 11) is 2.42. The van der Waals surface area contributed by atoms with E-state index >= 15 is 0 Å². The second-order valence-corrected chi connectivity index (χ2v) is 7.27. The van der Waals surface area contributed by atoms with Crippen molar-refractivity contribution in [3.63, 3.8) is 0 Å². The minimum atomic E-state index is -1.25. The zero-order valence-corrected chi connectivity index (χ0v) is 17.7. The summed E-state index contributed by atoms with van der Waals surface area (Å²) in [6.07, 6.45) is -1.87. The Morgan fingerprint density at radius 3 is 2.23 bits per heavy atom. The monoisotopic (exact) mass is 420 g/mol. The summed E-state index contributed by atoms with van der Waals surface area (Å²) >= 11 is 0. The van der Waals surface area contributed by atoms with Crippen molar-refractivity contribution in [1.29, 1.82) is 0 Å². The van der Waals surface area contributed by atoms with Gasteiger partial charge in [-0.25, -0.2) is 4.79 Å². The summed E-state index contributed by atoms with van der Waals surface area (Å²) < 4.78 is 16.0. The van der Waals surface area contributed by atoms with Crippen molar-refractivity contribution in [2.24, 2.45) is 17.0 Å². The van der Waals surface area contributed by atoms with E-state index < -0.39 is 36.2 Å². The van der Waals surface area contributed by atoms with Gasteiger partial charge in [0.15, 0.2) is 5.92 Å². The zero-order chi connectivity index (χ0) is 22.3. The van der Waals surface area contributed by atoms with Gasteiger partial charge in [-0.05, 0) is 18.4 Å². The molecular weight excluding hydrogens is 392 g/mol. The number of hydrogen-bond acceptors (Lipinski definition) is 8. The third-order valence-corrected chi connectivity index (χ3v) is 4.89. The highest BCUT2D eigenvalue weighted by atomic mass is 16.7. The molecule has 0 bridgehead atoms. The lowest BCUT2D eigenvalue weighted by atomic mass is 9.88. The molecular formula is C21H28N2O7. The van der Waals surface area contributed by atoms with Crippen LogP contribution >= 0.6 is 0 Å². The fourth-order valence-corrected chi connectivity index (χ4v) is 3.33. The van der Waals surface area contributed by atoms with Crippen molar-refractivity contribution in [3.05, 3.63) is 35.9 Å². The topological polar surface area (TPSA) is 113 Å². The number of methoxy groups -OCH3 is 2. The average Bonchev–Trinajstić information content (AvgIpc) is 3.18. The molecule has 1 aliphatic rings. The highest BCUT2D eigenvalue weighted by molar-refractivity contribution is 6.09. The fourth-order valence-electron chi connectivity index (χ4n) is 3.33. The maximum atomic E-state index is 12.5. The summed E-state index contributed by atoms with van der Waals surface area (Å²) in [6, 6.07) is 9.00. The highest BCUT2D eigenvalue weighted by Crippen LogP contribution is 2.31. The normalized spacial score (nSPS) is 21.1. The van der Waals surface area contributed by atoms with Gasteiger partial charge < -0.3 is 24.4 Å². The van der Waals surface area contributed by atoms with Gasteiger partial charge in [-0.15, -0.1) is 0 Å². The molecule has 30 heavy (non-hydrogen) atoms. The van der Waals surface area contributed by atoms with E-state index in [2.05, 4.69) is 10.5 Å². The van der Waals surface area contributed by atoms with E-state index in [0.29, 0.717) is 6.41 Å². The second kappa shape index (κ2) is 10.7. The van der Waals surface area contributed by atoms with Gasteiger partial charge in [0.25, 0.3) is 0 Å². The molecule has 2 rings (SSSR count). The summed E-state index contributed by atoms with van der Waals surface area (Å²) in [4.78, 5) is 40.8. The van der Waals surface area contributed by atoms with Crippen LogP contribution in [0, 0.1) is 11.8 Å². The van der Waals surface area contributed by atoms with E-state index in [-0.39, 0.29) is 17.7 Å². The predicted octanol–water partition coefficient (Wildman–Crippen LogP) is 1.62. The maximum Gasteiger partial charge on any atom is 0.351 e. The number of carbonyl (C=O) groups is 3. The average molecular weight is 420 g/mol. The molecule has 1 heterocycles. The van der Waals surface area contributed by atoms with Crippen molar-refractivity contribution >= 4 is 24.1 Å². The molecule has 0 unspecified atom stereocenters. The van der Waals surface area contributed by atoms with Crippen LogP contribution in [0.2, 0.25) is 0 Å². The predicted molar refractivity (Wildman–Crippen MR) is 107 cm³/mol.